The minimum atomic E-state index is -5.08. The summed E-state index contributed by atoms with van der Waals surface area (Å²) < 4.78 is 56.5. The first kappa shape index (κ1) is 24.1. The number of rotatable bonds is 4. The van der Waals surface area contributed by atoms with E-state index in [0.717, 1.165) is 45.3 Å². The lowest BCUT2D eigenvalue weighted by Crippen LogP contribution is -2.35. The Bertz CT molecular complexity index is 804. The number of carbonyl (C=O) groups excluding carboxylic acids is 1. The molecule has 9 nitrogen and oxygen atoms in total. The van der Waals surface area contributed by atoms with Gasteiger partial charge >= 0.3 is 12.1 Å². The molecule has 13 heteroatoms. The van der Waals surface area contributed by atoms with Crippen LogP contribution < -0.4 is 4.90 Å². The maximum atomic E-state index is 13.0. The lowest BCUT2D eigenvalue weighted by Gasteiger charge is -2.23. The van der Waals surface area contributed by atoms with Crippen LogP contribution in [0.25, 0.3) is 0 Å². The third kappa shape index (κ3) is 6.25. The molecule has 1 amide bonds. The zero-order valence-electron chi connectivity index (χ0n) is 17.2. The minimum absolute atomic E-state index is 0.0550. The molecule has 3 aliphatic heterocycles. The standard InChI is InChI=1S/C17H23FN4O3.C2HF3O2/c18-13-8-19-16(20-9-13)22-6-3-17(12-22)7-14(10-25-17)24-11-15(23)21-4-1-2-5-21;3-2(4,5)1(6)7/h8-9,14H,1-7,10-12H2;(H,6,7)/t14-,17+;/m1./s1. The summed E-state index contributed by atoms with van der Waals surface area (Å²) in [5, 5.41) is 7.12. The Morgan fingerprint density at radius 3 is 2.44 bits per heavy atom. The number of alkyl halides is 3. The number of anilines is 1. The number of carboxylic acid groups (broad SMARTS) is 1. The van der Waals surface area contributed by atoms with Crippen LogP contribution in [0.5, 0.6) is 0 Å². The summed E-state index contributed by atoms with van der Waals surface area (Å²) in [6.45, 7) is 3.77. The largest absolute Gasteiger partial charge is 0.490 e. The highest BCUT2D eigenvalue weighted by molar-refractivity contribution is 5.77. The van der Waals surface area contributed by atoms with E-state index in [4.69, 9.17) is 19.4 Å². The number of aliphatic carboxylic acids is 1. The molecule has 4 heterocycles. The molecule has 0 aliphatic carbocycles. The molecule has 1 aromatic heterocycles. The van der Waals surface area contributed by atoms with E-state index in [0.29, 0.717) is 19.1 Å². The SMILES string of the molecule is O=C(CO[C@H]1CO[C@@]2(CCN(c3ncc(F)cn3)C2)C1)N1CCCC1.O=C(O)C(F)(F)F. The van der Waals surface area contributed by atoms with Gasteiger partial charge in [-0.05, 0) is 19.3 Å². The van der Waals surface area contributed by atoms with E-state index in [1.54, 1.807) is 0 Å². The maximum absolute atomic E-state index is 13.0. The number of hydrogen-bond acceptors (Lipinski definition) is 7. The number of aromatic nitrogens is 2. The molecule has 178 valence electrons. The van der Waals surface area contributed by atoms with E-state index < -0.39 is 18.0 Å². The number of nitrogens with zero attached hydrogens (tertiary/aromatic N) is 4. The van der Waals surface area contributed by atoms with Gasteiger partial charge in [0, 0.05) is 26.1 Å². The van der Waals surface area contributed by atoms with Gasteiger partial charge < -0.3 is 24.4 Å². The first-order valence-corrected chi connectivity index (χ1v) is 10.1. The molecule has 1 spiro atoms. The zero-order chi connectivity index (χ0) is 23.4. The van der Waals surface area contributed by atoms with Gasteiger partial charge in [-0.15, -0.1) is 0 Å². The molecular formula is C19H24F4N4O5. The summed E-state index contributed by atoms with van der Waals surface area (Å²) >= 11 is 0. The van der Waals surface area contributed by atoms with Crippen LogP contribution in [0.15, 0.2) is 12.4 Å². The number of carboxylic acids is 1. The first-order valence-electron chi connectivity index (χ1n) is 10.1. The molecule has 0 bridgehead atoms. The number of ether oxygens (including phenoxy) is 2. The Balaban J connectivity index is 0.000000360. The molecule has 0 unspecified atom stereocenters. The Kier molecular flexibility index (Phi) is 7.49. The van der Waals surface area contributed by atoms with Gasteiger partial charge in [-0.3, -0.25) is 4.79 Å². The third-order valence-electron chi connectivity index (χ3n) is 5.52. The van der Waals surface area contributed by atoms with Crippen LogP contribution in [0.3, 0.4) is 0 Å². The van der Waals surface area contributed by atoms with Crippen molar-refractivity contribution in [1.82, 2.24) is 14.9 Å². The van der Waals surface area contributed by atoms with E-state index in [9.17, 15) is 22.4 Å². The fraction of sp³-hybridized carbons (Fsp3) is 0.684. The number of halogens is 4. The summed E-state index contributed by atoms with van der Waals surface area (Å²) in [5.74, 6) is -2.60. The predicted molar refractivity (Wildman–Crippen MR) is 101 cm³/mol. The van der Waals surface area contributed by atoms with Crippen molar-refractivity contribution < 1.29 is 41.7 Å². The molecule has 0 aromatic carbocycles. The monoisotopic (exact) mass is 464 g/mol. The summed E-state index contributed by atoms with van der Waals surface area (Å²) in [4.78, 5) is 32.9. The molecule has 3 fully saturated rings. The molecule has 3 saturated heterocycles. The number of amides is 1. The van der Waals surface area contributed by atoms with Crippen LogP contribution >= 0.6 is 0 Å². The molecule has 1 N–H and O–H groups in total. The van der Waals surface area contributed by atoms with Crippen molar-refractivity contribution in [1.29, 1.82) is 0 Å². The van der Waals surface area contributed by atoms with Crippen molar-refractivity contribution in [2.45, 2.75) is 43.6 Å². The maximum Gasteiger partial charge on any atom is 0.490 e. The van der Waals surface area contributed by atoms with Gasteiger partial charge in [0.15, 0.2) is 5.82 Å². The van der Waals surface area contributed by atoms with E-state index in [1.807, 2.05) is 9.80 Å². The average Bonchev–Trinajstić information content (AvgIpc) is 3.49. The van der Waals surface area contributed by atoms with E-state index in [2.05, 4.69) is 9.97 Å². The van der Waals surface area contributed by atoms with Crippen molar-refractivity contribution in [2.24, 2.45) is 0 Å². The quantitative estimate of drug-likeness (QED) is 0.671. The lowest BCUT2D eigenvalue weighted by molar-refractivity contribution is -0.192. The highest BCUT2D eigenvalue weighted by atomic mass is 19.4. The van der Waals surface area contributed by atoms with Crippen LogP contribution in [-0.4, -0.2) is 89.1 Å². The van der Waals surface area contributed by atoms with Crippen LogP contribution in [0.2, 0.25) is 0 Å². The third-order valence-corrected chi connectivity index (χ3v) is 5.52. The second-order valence-corrected chi connectivity index (χ2v) is 7.89. The normalized spacial score (nSPS) is 25.2. The summed E-state index contributed by atoms with van der Waals surface area (Å²) in [6, 6.07) is 0. The van der Waals surface area contributed by atoms with Gasteiger partial charge in [-0.1, -0.05) is 0 Å². The zero-order valence-corrected chi connectivity index (χ0v) is 17.2. The van der Waals surface area contributed by atoms with Gasteiger partial charge in [0.1, 0.15) is 6.61 Å². The van der Waals surface area contributed by atoms with Crippen LogP contribution in [0, 0.1) is 5.82 Å². The van der Waals surface area contributed by atoms with Crippen molar-refractivity contribution in [3.63, 3.8) is 0 Å². The van der Waals surface area contributed by atoms with Gasteiger partial charge in [-0.2, -0.15) is 13.2 Å². The predicted octanol–water partition coefficient (Wildman–Crippen LogP) is 1.63. The lowest BCUT2D eigenvalue weighted by atomic mass is 9.98. The van der Waals surface area contributed by atoms with Gasteiger partial charge in [-0.25, -0.2) is 19.2 Å². The fourth-order valence-corrected chi connectivity index (χ4v) is 3.93. The molecule has 3 aliphatic rings. The number of carbonyl (C=O) groups is 2. The molecule has 0 radical (unpaired) electrons. The molecule has 2 atom stereocenters. The smallest absolute Gasteiger partial charge is 0.475 e. The van der Waals surface area contributed by atoms with Crippen LogP contribution in [0.4, 0.5) is 23.5 Å². The topological polar surface area (TPSA) is 105 Å². The Morgan fingerprint density at radius 2 is 1.84 bits per heavy atom. The molecule has 4 rings (SSSR count). The molecule has 0 saturated carbocycles. The Hall–Kier alpha value is -2.54. The van der Waals surface area contributed by atoms with Crippen molar-refractivity contribution in [3.8, 4) is 0 Å². The van der Waals surface area contributed by atoms with Gasteiger partial charge in [0.05, 0.1) is 37.3 Å². The first-order chi connectivity index (χ1) is 15.1. The van der Waals surface area contributed by atoms with Crippen LogP contribution in [-0.2, 0) is 19.1 Å². The average molecular weight is 464 g/mol. The van der Waals surface area contributed by atoms with Gasteiger partial charge in [0.2, 0.25) is 11.9 Å². The van der Waals surface area contributed by atoms with Crippen molar-refractivity contribution in [2.75, 3.05) is 44.3 Å². The van der Waals surface area contributed by atoms with E-state index >= 15 is 0 Å². The molecule has 1 aromatic rings. The highest BCUT2D eigenvalue weighted by Crippen LogP contribution is 2.37. The minimum Gasteiger partial charge on any atom is -0.475 e. The summed E-state index contributed by atoms with van der Waals surface area (Å²) in [5.41, 5.74) is -0.279. The Morgan fingerprint density at radius 1 is 1.22 bits per heavy atom. The number of hydrogen-bond donors (Lipinski definition) is 1. The summed E-state index contributed by atoms with van der Waals surface area (Å²) in [7, 11) is 0. The Labute approximate surface area is 181 Å². The molecular weight excluding hydrogens is 440 g/mol. The van der Waals surface area contributed by atoms with E-state index in [-0.39, 0.29) is 24.2 Å². The van der Waals surface area contributed by atoms with Crippen molar-refractivity contribution >= 4 is 17.8 Å². The highest BCUT2D eigenvalue weighted by Gasteiger charge is 2.46. The molecule has 32 heavy (non-hydrogen) atoms. The fourth-order valence-electron chi connectivity index (χ4n) is 3.93. The van der Waals surface area contributed by atoms with Crippen LogP contribution in [0.1, 0.15) is 25.7 Å². The van der Waals surface area contributed by atoms with Gasteiger partial charge in [0.25, 0.3) is 0 Å². The number of likely N-dealkylation sites (tertiary alicyclic amines) is 1. The summed E-state index contributed by atoms with van der Waals surface area (Å²) in [6.07, 6.45) is 1.01. The van der Waals surface area contributed by atoms with Crippen molar-refractivity contribution in [3.05, 3.63) is 18.2 Å². The second kappa shape index (κ2) is 9.94. The second-order valence-electron chi connectivity index (χ2n) is 7.89. The van der Waals surface area contributed by atoms with E-state index in [1.165, 1.54) is 12.4 Å².